The van der Waals surface area contributed by atoms with Crippen molar-refractivity contribution in [2.75, 3.05) is 6.54 Å². The van der Waals surface area contributed by atoms with Gasteiger partial charge in [-0.15, -0.1) is 4.41 Å². The van der Waals surface area contributed by atoms with E-state index in [1.165, 1.54) is 0 Å². The van der Waals surface area contributed by atoms with Crippen LogP contribution in [0.3, 0.4) is 0 Å². The van der Waals surface area contributed by atoms with Crippen LogP contribution in [0, 0.1) is 0 Å². The second-order valence-corrected chi connectivity index (χ2v) is 3.10. The van der Waals surface area contributed by atoms with Gasteiger partial charge in [0.1, 0.15) is 0 Å². The number of hydrazine groups is 1. The van der Waals surface area contributed by atoms with E-state index in [1.807, 2.05) is 0 Å². The maximum absolute atomic E-state index is 10.1. The van der Waals surface area contributed by atoms with Crippen molar-refractivity contribution in [3.8, 4) is 0 Å². The molecule has 0 unspecified atom stereocenters. The predicted octanol–water partition coefficient (Wildman–Crippen LogP) is -0.121. The highest BCUT2D eigenvalue weighted by molar-refractivity contribution is 7.69. The Morgan fingerprint density at radius 2 is 2.00 bits per heavy atom. The van der Waals surface area contributed by atoms with Crippen molar-refractivity contribution in [3.05, 3.63) is 0 Å². The molecule has 0 aromatic carbocycles. The molecule has 0 spiro atoms. The summed E-state index contributed by atoms with van der Waals surface area (Å²) in [6.45, 7) is 2.49. The number of hydrogen-bond donors (Lipinski definition) is 2. The first-order valence-corrected chi connectivity index (χ1v) is 4.48. The molecule has 0 amide bonds. The Morgan fingerprint density at radius 1 is 1.40 bits per heavy atom. The topological polar surface area (TPSA) is 63.4 Å². The van der Waals surface area contributed by atoms with Gasteiger partial charge in [-0.3, -0.25) is 5.84 Å². The van der Waals surface area contributed by atoms with Crippen molar-refractivity contribution in [1.29, 1.82) is 0 Å². The first kappa shape index (κ1) is 9.87. The van der Waals surface area contributed by atoms with Gasteiger partial charge in [-0.25, -0.2) is 8.42 Å². The van der Waals surface area contributed by atoms with E-state index >= 15 is 0 Å². The lowest BCUT2D eigenvalue weighted by Crippen LogP contribution is -2.30. The Labute approximate surface area is 63.1 Å². The summed E-state index contributed by atoms with van der Waals surface area (Å²) in [5.74, 6) is 5.09. The van der Waals surface area contributed by atoms with Gasteiger partial charge >= 0.3 is 0 Å². The van der Waals surface area contributed by atoms with E-state index in [9.17, 15) is 8.42 Å². The molecule has 0 rings (SSSR count). The van der Waals surface area contributed by atoms with Crippen LogP contribution in [-0.4, -0.2) is 19.4 Å². The normalized spacial score (nSPS) is 11.2. The summed E-state index contributed by atoms with van der Waals surface area (Å²) < 4.78 is 21.1. The van der Waals surface area contributed by atoms with Crippen molar-refractivity contribution >= 4 is 10.9 Å². The van der Waals surface area contributed by atoms with E-state index in [1.54, 1.807) is 0 Å². The van der Waals surface area contributed by atoms with Crippen LogP contribution in [0.1, 0.15) is 26.2 Å². The van der Waals surface area contributed by atoms with E-state index in [4.69, 9.17) is 5.84 Å². The number of rotatable bonds is 5. The molecule has 0 atom stereocenters. The summed E-state index contributed by atoms with van der Waals surface area (Å²) in [7, 11) is -2.57. The van der Waals surface area contributed by atoms with Crippen LogP contribution in [0.2, 0.25) is 0 Å². The van der Waals surface area contributed by atoms with Crippen molar-refractivity contribution in [2.45, 2.75) is 26.2 Å². The number of thiol groups is 1. The summed E-state index contributed by atoms with van der Waals surface area (Å²) in [4.78, 5) is 0. The van der Waals surface area contributed by atoms with Crippen LogP contribution in [-0.2, 0) is 10.9 Å². The molecule has 0 radical (unpaired) electrons. The molecule has 4 nitrogen and oxygen atoms in total. The SMILES string of the molecule is CCCCCN(N)[SH](=O)=O. The van der Waals surface area contributed by atoms with E-state index in [0.29, 0.717) is 6.54 Å². The summed E-state index contributed by atoms with van der Waals surface area (Å²) in [5.41, 5.74) is 0. The predicted molar refractivity (Wildman–Crippen MR) is 40.7 cm³/mol. The van der Waals surface area contributed by atoms with Gasteiger partial charge < -0.3 is 0 Å². The lowest BCUT2D eigenvalue weighted by molar-refractivity contribution is 0.427. The lowest BCUT2D eigenvalue weighted by atomic mass is 10.3. The fraction of sp³-hybridized carbons (Fsp3) is 1.00. The second kappa shape index (κ2) is 5.64. The third-order valence-corrected chi connectivity index (χ3v) is 1.82. The average Bonchev–Trinajstić information content (AvgIpc) is 1.88. The standard InChI is InChI=1S/C5H14N2O2S/c1-2-3-4-5-7(6)10(8)9/h10H,2-6H2,1H3. The monoisotopic (exact) mass is 166 g/mol. The van der Waals surface area contributed by atoms with Gasteiger partial charge in [0, 0.05) is 6.54 Å². The Balaban J connectivity index is 3.30. The average molecular weight is 166 g/mol. The van der Waals surface area contributed by atoms with E-state index in [-0.39, 0.29) is 0 Å². The number of nitrogens with two attached hydrogens (primary N) is 1. The molecule has 62 valence electrons. The summed E-state index contributed by atoms with van der Waals surface area (Å²) in [6.07, 6.45) is 2.94. The number of hydrogen-bond acceptors (Lipinski definition) is 3. The molecule has 0 saturated carbocycles. The summed E-state index contributed by atoms with van der Waals surface area (Å²) in [6, 6.07) is 0. The minimum Gasteiger partial charge on any atom is -0.255 e. The van der Waals surface area contributed by atoms with Crippen molar-refractivity contribution in [3.63, 3.8) is 0 Å². The Morgan fingerprint density at radius 3 is 2.40 bits per heavy atom. The largest absolute Gasteiger partial charge is 0.255 e. The first-order valence-electron chi connectivity index (χ1n) is 3.35. The zero-order chi connectivity index (χ0) is 7.98. The molecule has 0 saturated heterocycles. The van der Waals surface area contributed by atoms with Gasteiger partial charge in [0.05, 0.1) is 0 Å². The smallest absolute Gasteiger partial charge is 0.216 e. The third kappa shape index (κ3) is 4.72. The van der Waals surface area contributed by atoms with Gasteiger partial charge in [-0.1, -0.05) is 19.8 Å². The number of nitrogens with zero attached hydrogens (tertiary/aromatic N) is 1. The molecule has 0 aliphatic carbocycles. The van der Waals surface area contributed by atoms with Crippen molar-refractivity contribution < 1.29 is 8.42 Å². The summed E-state index contributed by atoms with van der Waals surface area (Å²) in [5, 5.41) is 0. The molecule has 5 heteroatoms. The Bertz CT molecular complexity index is 139. The summed E-state index contributed by atoms with van der Waals surface area (Å²) >= 11 is 0. The maximum Gasteiger partial charge on any atom is 0.216 e. The van der Waals surface area contributed by atoms with Crippen LogP contribution >= 0.6 is 0 Å². The molecule has 10 heavy (non-hydrogen) atoms. The fourth-order valence-electron chi connectivity index (χ4n) is 0.605. The van der Waals surface area contributed by atoms with E-state index in [0.717, 1.165) is 23.7 Å². The lowest BCUT2D eigenvalue weighted by Gasteiger charge is -2.05. The quantitative estimate of drug-likeness (QED) is 0.259. The Kier molecular flexibility index (Phi) is 5.57. The fourth-order valence-corrected chi connectivity index (χ4v) is 0.910. The molecule has 0 fully saturated rings. The van der Waals surface area contributed by atoms with Gasteiger partial charge in [0.15, 0.2) is 0 Å². The van der Waals surface area contributed by atoms with E-state index < -0.39 is 10.9 Å². The minimum atomic E-state index is -2.57. The van der Waals surface area contributed by atoms with Crippen molar-refractivity contribution in [2.24, 2.45) is 5.84 Å². The highest BCUT2D eigenvalue weighted by atomic mass is 32.2. The molecule has 0 aliphatic rings. The molecular formula is C5H14N2O2S. The molecular weight excluding hydrogens is 152 g/mol. The number of unbranched alkanes of at least 4 members (excludes halogenated alkanes) is 2. The second-order valence-electron chi connectivity index (χ2n) is 2.11. The highest BCUT2D eigenvalue weighted by Crippen LogP contribution is 1.93. The van der Waals surface area contributed by atoms with Crippen LogP contribution in [0.5, 0.6) is 0 Å². The van der Waals surface area contributed by atoms with Gasteiger partial charge in [-0.05, 0) is 6.42 Å². The van der Waals surface area contributed by atoms with Gasteiger partial charge in [0.2, 0.25) is 10.9 Å². The van der Waals surface area contributed by atoms with Crippen LogP contribution in [0.4, 0.5) is 0 Å². The van der Waals surface area contributed by atoms with Crippen LogP contribution in [0.15, 0.2) is 0 Å². The molecule has 0 bridgehead atoms. The minimum absolute atomic E-state index is 0.437. The van der Waals surface area contributed by atoms with Gasteiger partial charge in [0.25, 0.3) is 0 Å². The van der Waals surface area contributed by atoms with Crippen LogP contribution in [0.25, 0.3) is 0 Å². The molecule has 0 aromatic heterocycles. The zero-order valence-corrected chi connectivity index (χ0v) is 7.01. The molecule has 0 aromatic rings. The Hall–Kier alpha value is -0.130. The zero-order valence-electron chi connectivity index (χ0n) is 6.12. The first-order chi connectivity index (χ1) is 4.68. The highest BCUT2D eigenvalue weighted by Gasteiger charge is 1.97. The van der Waals surface area contributed by atoms with Crippen molar-refractivity contribution in [1.82, 2.24) is 4.41 Å². The molecule has 0 heterocycles. The van der Waals surface area contributed by atoms with E-state index in [2.05, 4.69) is 6.92 Å². The molecule has 0 aliphatic heterocycles. The molecule has 2 N–H and O–H groups in total. The van der Waals surface area contributed by atoms with Gasteiger partial charge in [-0.2, -0.15) is 0 Å². The maximum atomic E-state index is 10.1. The van der Waals surface area contributed by atoms with Crippen LogP contribution < -0.4 is 5.84 Å². The third-order valence-electron chi connectivity index (χ3n) is 1.20.